The van der Waals surface area contributed by atoms with Crippen molar-refractivity contribution in [3.63, 3.8) is 0 Å². The summed E-state index contributed by atoms with van der Waals surface area (Å²) < 4.78 is 43.3. The second-order valence-electron chi connectivity index (χ2n) is 5.60. The maximum absolute atomic E-state index is 12.8. The van der Waals surface area contributed by atoms with Crippen LogP contribution < -0.4 is 10.9 Å². The van der Waals surface area contributed by atoms with Crippen molar-refractivity contribution in [3.8, 4) is 5.75 Å². The van der Waals surface area contributed by atoms with E-state index in [1.165, 1.54) is 12.1 Å². The second kappa shape index (κ2) is 6.21. The molecule has 1 aromatic heterocycles. The van der Waals surface area contributed by atoms with Crippen LogP contribution in [0.2, 0.25) is 0 Å². The second-order valence-corrected chi connectivity index (χ2v) is 5.60. The highest BCUT2D eigenvalue weighted by Gasteiger charge is 2.30. The Hall–Kier alpha value is -3.29. The number of carbonyl (C=O) groups is 1. The molecule has 5 nitrogen and oxygen atoms in total. The van der Waals surface area contributed by atoms with Gasteiger partial charge < -0.3 is 14.8 Å². The number of fused-ring (bicyclic) bond motifs is 1. The van der Waals surface area contributed by atoms with E-state index in [9.17, 15) is 27.9 Å². The topological polar surface area (TPSA) is 79.5 Å². The lowest BCUT2D eigenvalue weighted by atomic mass is 10.1. The molecule has 0 aliphatic rings. The summed E-state index contributed by atoms with van der Waals surface area (Å²) in [4.78, 5) is 24.4. The lowest BCUT2D eigenvalue weighted by molar-refractivity contribution is -0.137. The average Bonchev–Trinajstić information content (AvgIpc) is 2.55. The minimum absolute atomic E-state index is 0.130. The van der Waals surface area contributed by atoms with Crippen LogP contribution in [0.15, 0.2) is 51.7 Å². The molecule has 2 N–H and O–H groups in total. The Morgan fingerprint density at radius 1 is 1.15 bits per heavy atom. The number of halogens is 3. The first-order valence-corrected chi connectivity index (χ1v) is 7.42. The number of alkyl halides is 3. The molecule has 3 rings (SSSR count). The fourth-order valence-electron chi connectivity index (χ4n) is 2.52. The lowest BCUT2D eigenvalue weighted by Gasteiger charge is -2.11. The molecule has 0 aliphatic carbocycles. The smallest absolute Gasteiger partial charge is 0.416 e. The molecule has 26 heavy (non-hydrogen) atoms. The van der Waals surface area contributed by atoms with Crippen molar-refractivity contribution in [3.05, 3.63) is 69.6 Å². The molecule has 0 spiro atoms. The van der Waals surface area contributed by atoms with Crippen LogP contribution in [0.1, 0.15) is 21.5 Å². The number of hydrogen-bond donors (Lipinski definition) is 2. The molecule has 0 bridgehead atoms. The predicted octanol–water partition coefficient (Wildman–Crippen LogP) is 4.08. The van der Waals surface area contributed by atoms with Crippen LogP contribution in [0, 0.1) is 6.92 Å². The fraction of sp³-hybridized carbons (Fsp3) is 0.111. The first-order valence-electron chi connectivity index (χ1n) is 7.42. The number of anilines is 1. The van der Waals surface area contributed by atoms with E-state index >= 15 is 0 Å². The van der Waals surface area contributed by atoms with Crippen molar-refractivity contribution in [2.45, 2.75) is 13.1 Å². The van der Waals surface area contributed by atoms with E-state index in [1.54, 1.807) is 19.1 Å². The number of carbonyl (C=O) groups excluding carboxylic acids is 1. The van der Waals surface area contributed by atoms with E-state index < -0.39 is 34.6 Å². The Balaban J connectivity index is 2.03. The van der Waals surface area contributed by atoms with Crippen molar-refractivity contribution < 1.29 is 27.5 Å². The largest absolute Gasteiger partial charge is 0.506 e. The number of hydrogen-bond acceptors (Lipinski definition) is 4. The number of para-hydroxylation sites is 1. The number of benzene rings is 2. The molecule has 2 aromatic carbocycles. The monoisotopic (exact) mass is 363 g/mol. The van der Waals surface area contributed by atoms with Crippen LogP contribution in [-0.4, -0.2) is 11.0 Å². The van der Waals surface area contributed by atoms with Crippen LogP contribution in [0.3, 0.4) is 0 Å². The van der Waals surface area contributed by atoms with Crippen LogP contribution in [0.25, 0.3) is 11.0 Å². The van der Waals surface area contributed by atoms with Crippen molar-refractivity contribution >= 4 is 22.6 Å². The molecule has 0 atom stereocenters. The highest BCUT2D eigenvalue weighted by molar-refractivity contribution is 6.08. The summed E-state index contributed by atoms with van der Waals surface area (Å²) in [6.45, 7) is 1.66. The van der Waals surface area contributed by atoms with Crippen LogP contribution >= 0.6 is 0 Å². The molecular weight excluding hydrogens is 351 g/mol. The number of amides is 1. The van der Waals surface area contributed by atoms with Crippen LogP contribution in [0.5, 0.6) is 5.75 Å². The molecule has 0 radical (unpaired) electrons. The predicted molar refractivity (Wildman–Crippen MR) is 88.3 cm³/mol. The van der Waals surface area contributed by atoms with E-state index in [4.69, 9.17) is 4.42 Å². The number of nitrogens with one attached hydrogen (secondary N) is 1. The minimum atomic E-state index is -4.58. The molecule has 0 fully saturated rings. The van der Waals surface area contributed by atoms with Gasteiger partial charge in [-0.1, -0.05) is 18.2 Å². The number of aryl methyl sites for hydroxylation is 1. The van der Waals surface area contributed by atoms with E-state index in [-0.39, 0.29) is 16.7 Å². The summed E-state index contributed by atoms with van der Waals surface area (Å²) in [5.41, 5.74) is -2.19. The van der Waals surface area contributed by atoms with Gasteiger partial charge in [-0.15, -0.1) is 0 Å². The van der Waals surface area contributed by atoms with Crippen molar-refractivity contribution in [1.82, 2.24) is 0 Å². The lowest BCUT2D eigenvalue weighted by Crippen LogP contribution is -2.21. The molecule has 0 saturated carbocycles. The molecule has 1 heterocycles. The Morgan fingerprint density at radius 2 is 1.85 bits per heavy atom. The number of aromatic hydroxyl groups is 1. The Kier molecular flexibility index (Phi) is 4.19. The van der Waals surface area contributed by atoms with Crippen molar-refractivity contribution in [2.75, 3.05) is 5.32 Å². The Labute approximate surface area is 144 Å². The summed E-state index contributed by atoms with van der Waals surface area (Å²) >= 11 is 0. The van der Waals surface area contributed by atoms with Crippen molar-refractivity contribution in [1.29, 1.82) is 0 Å². The van der Waals surface area contributed by atoms with E-state index in [0.29, 0.717) is 5.56 Å². The van der Waals surface area contributed by atoms with Gasteiger partial charge in [0.1, 0.15) is 11.3 Å². The summed E-state index contributed by atoms with van der Waals surface area (Å²) in [6.07, 6.45) is -4.58. The van der Waals surface area contributed by atoms with Gasteiger partial charge in [-0.05, 0) is 36.8 Å². The van der Waals surface area contributed by atoms with Gasteiger partial charge in [-0.2, -0.15) is 13.2 Å². The molecule has 3 aromatic rings. The first kappa shape index (κ1) is 17.5. The highest BCUT2D eigenvalue weighted by atomic mass is 19.4. The highest BCUT2D eigenvalue weighted by Crippen LogP contribution is 2.31. The van der Waals surface area contributed by atoms with Crippen LogP contribution in [0.4, 0.5) is 18.9 Å². The zero-order chi connectivity index (χ0) is 19.1. The van der Waals surface area contributed by atoms with Gasteiger partial charge in [0.05, 0.1) is 10.9 Å². The van der Waals surface area contributed by atoms with Crippen molar-refractivity contribution in [2.24, 2.45) is 0 Å². The quantitative estimate of drug-likeness (QED) is 0.673. The molecule has 1 amide bonds. The molecule has 0 aliphatic heterocycles. The SMILES string of the molecule is Cc1cccc2c(O)c(C(=O)Nc3cccc(C(F)(F)F)c3)c(=O)oc12. The Bertz CT molecular complexity index is 1070. The van der Waals surface area contributed by atoms with Gasteiger partial charge in [0.15, 0.2) is 5.56 Å². The van der Waals surface area contributed by atoms with E-state index in [1.807, 2.05) is 0 Å². The van der Waals surface area contributed by atoms with Gasteiger partial charge in [0.25, 0.3) is 5.91 Å². The van der Waals surface area contributed by atoms with Gasteiger partial charge in [-0.3, -0.25) is 4.79 Å². The molecule has 8 heteroatoms. The zero-order valence-corrected chi connectivity index (χ0v) is 13.3. The summed E-state index contributed by atoms with van der Waals surface area (Å²) in [7, 11) is 0. The molecule has 0 saturated heterocycles. The van der Waals surface area contributed by atoms with Gasteiger partial charge >= 0.3 is 11.8 Å². The fourth-order valence-corrected chi connectivity index (χ4v) is 2.52. The average molecular weight is 363 g/mol. The summed E-state index contributed by atoms with van der Waals surface area (Å²) in [5.74, 6) is -1.66. The third-order valence-corrected chi connectivity index (χ3v) is 3.78. The van der Waals surface area contributed by atoms with Gasteiger partial charge in [0.2, 0.25) is 0 Å². The third kappa shape index (κ3) is 3.13. The van der Waals surface area contributed by atoms with Gasteiger partial charge in [0, 0.05) is 5.69 Å². The normalized spacial score (nSPS) is 11.5. The zero-order valence-electron chi connectivity index (χ0n) is 13.3. The maximum atomic E-state index is 12.8. The standard InChI is InChI=1S/C18H12F3NO4/c1-9-4-2-7-12-14(23)13(17(25)26-15(9)12)16(24)22-11-6-3-5-10(8-11)18(19,20)21/h2-8,23H,1H3,(H,22,24). The van der Waals surface area contributed by atoms with E-state index in [0.717, 1.165) is 18.2 Å². The molecule has 0 unspecified atom stereocenters. The Morgan fingerprint density at radius 3 is 2.54 bits per heavy atom. The van der Waals surface area contributed by atoms with Gasteiger partial charge in [-0.25, -0.2) is 4.79 Å². The third-order valence-electron chi connectivity index (χ3n) is 3.78. The maximum Gasteiger partial charge on any atom is 0.416 e. The summed E-state index contributed by atoms with van der Waals surface area (Å²) in [6, 6.07) is 8.64. The van der Waals surface area contributed by atoms with Crippen LogP contribution in [-0.2, 0) is 6.18 Å². The number of rotatable bonds is 2. The van der Waals surface area contributed by atoms with E-state index in [2.05, 4.69) is 5.32 Å². The molecule has 134 valence electrons. The molecular formula is C18H12F3NO4. The minimum Gasteiger partial charge on any atom is -0.506 e. The first-order chi connectivity index (χ1) is 12.2. The summed E-state index contributed by atoms with van der Waals surface area (Å²) in [5, 5.41) is 12.6.